The van der Waals surface area contributed by atoms with Crippen LogP contribution in [0.25, 0.3) is 10.2 Å². The van der Waals surface area contributed by atoms with Crippen LogP contribution in [0.2, 0.25) is 0 Å². The number of para-hydroxylation sites is 1. The topological polar surface area (TPSA) is 88.6 Å². The minimum atomic E-state index is -3.74. The van der Waals surface area contributed by atoms with Gasteiger partial charge in [0, 0.05) is 12.6 Å². The maximum Gasteiger partial charge on any atom is 0.264 e. The van der Waals surface area contributed by atoms with Gasteiger partial charge in [-0.05, 0) is 61.5 Å². The number of fused-ring (bicyclic) bond motifs is 1. The van der Waals surface area contributed by atoms with Crippen LogP contribution >= 0.6 is 11.3 Å². The highest BCUT2D eigenvalue weighted by Crippen LogP contribution is 2.29. The molecule has 0 radical (unpaired) electrons. The smallest absolute Gasteiger partial charge is 0.264 e. The molecule has 4 rings (SSSR count). The number of carbonyl (C=O) groups is 1. The fraction of sp³-hybridized carbons (Fsp3) is 0.130. The van der Waals surface area contributed by atoms with Crippen LogP contribution in [-0.4, -0.2) is 33.0 Å². The summed E-state index contributed by atoms with van der Waals surface area (Å²) < 4.78 is 33.4. The summed E-state index contributed by atoms with van der Waals surface area (Å²) in [6, 6.07) is 20.2. The molecule has 0 saturated heterocycles. The number of hydrogen-bond donors (Lipinski definition) is 1. The van der Waals surface area contributed by atoms with E-state index in [1.807, 2.05) is 31.2 Å². The zero-order valence-electron chi connectivity index (χ0n) is 17.5. The number of nitrogens with zero attached hydrogens (tertiary/aromatic N) is 2. The van der Waals surface area contributed by atoms with Crippen molar-refractivity contribution in [2.75, 3.05) is 23.3 Å². The van der Waals surface area contributed by atoms with E-state index in [0.29, 0.717) is 23.0 Å². The molecular formula is C23H21N3O4S2. The number of thiazole rings is 1. The molecule has 0 atom stereocenters. The molecule has 0 aliphatic heterocycles. The molecule has 0 fully saturated rings. The zero-order chi connectivity index (χ0) is 22.7. The lowest BCUT2D eigenvalue weighted by Gasteiger charge is -2.19. The molecule has 0 aliphatic rings. The van der Waals surface area contributed by atoms with E-state index in [1.165, 1.54) is 47.0 Å². The Bertz CT molecular complexity index is 1350. The standard InChI is InChI=1S/C23H21N3O4S2/c1-3-30-18-11-14-20-21(15-18)31-23(24-20)25-22(27)16-9-12-19(13-10-16)32(28,29)26(2)17-7-5-4-6-8-17/h4-15H,3H2,1-2H3,(H,24,25,27). The summed E-state index contributed by atoms with van der Waals surface area (Å²) >= 11 is 1.34. The largest absolute Gasteiger partial charge is 0.494 e. The maximum absolute atomic E-state index is 12.9. The highest BCUT2D eigenvalue weighted by molar-refractivity contribution is 7.92. The van der Waals surface area contributed by atoms with Crippen LogP contribution in [0, 0.1) is 0 Å². The second-order valence-electron chi connectivity index (χ2n) is 6.87. The molecule has 32 heavy (non-hydrogen) atoms. The maximum atomic E-state index is 12.9. The minimum Gasteiger partial charge on any atom is -0.494 e. The molecule has 9 heteroatoms. The molecule has 1 N–H and O–H groups in total. The third-order valence-corrected chi connectivity index (χ3v) is 7.52. The average Bonchev–Trinajstić information content (AvgIpc) is 3.21. The first-order valence-electron chi connectivity index (χ1n) is 9.87. The minimum absolute atomic E-state index is 0.101. The van der Waals surface area contributed by atoms with Crippen LogP contribution in [0.3, 0.4) is 0 Å². The van der Waals surface area contributed by atoms with Crippen molar-refractivity contribution in [3.63, 3.8) is 0 Å². The van der Waals surface area contributed by atoms with Crippen molar-refractivity contribution in [3.8, 4) is 5.75 Å². The molecular weight excluding hydrogens is 446 g/mol. The zero-order valence-corrected chi connectivity index (χ0v) is 19.1. The monoisotopic (exact) mass is 467 g/mol. The van der Waals surface area contributed by atoms with Crippen molar-refractivity contribution in [3.05, 3.63) is 78.4 Å². The predicted molar refractivity (Wildman–Crippen MR) is 127 cm³/mol. The first-order chi connectivity index (χ1) is 15.4. The van der Waals surface area contributed by atoms with Gasteiger partial charge in [0.2, 0.25) is 0 Å². The SMILES string of the molecule is CCOc1ccc2nc(NC(=O)c3ccc(S(=O)(=O)N(C)c4ccccc4)cc3)sc2c1. The number of ether oxygens (including phenoxy) is 1. The fourth-order valence-electron chi connectivity index (χ4n) is 3.10. The van der Waals surface area contributed by atoms with E-state index in [9.17, 15) is 13.2 Å². The van der Waals surface area contributed by atoms with Crippen LogP contribution < -0.4 is 14.4 Å². The van der Waals surface area contributed by atoms with Gasteiger partial charge in [0.25, 0.3) is 15.9 Å². The Hall–Kier alpha value is -3.43. The summed E-state index contributed by atoms with van der Waals surface area (Å²) in [6.45, 7) is 2.49. The third kappa shape index (κ3) is 4.44. The highest BCUT2D eigenvalue weighted by Gasteiger charge is 2.21. The van der Waals surface area contributed by atoms with Crippen LogP contribution in [0.5, 0.6) is 5.75 Å². The summed E-state index contributed by atoms with van der Waals surface area (Å²) in [4.78, 5) is 17.2. The summed E-state index contributed by atoms with van der Waals surface area (Å²) in [5.74, 6) is 0.383. The second kappa shape index (κ2) is 8.97. The molecule has 0 saturated carbocycles. The highest BCUT2D eigenvalue weighted by atomic mass is 32.2. The Morgan fingerprint density at radius 1 is 1.06 bits per heavy atom. The van der Waals surface area contributed by atoms with E-state index in [1.54, 1.807) is 24.3 Å². The second-order valence-corrected chi connectivity index (χ2v) is 9.87. The van der Waals surface area contributed by atoms with Gasteiger partial charge in [-0.3, -0.25) is 14.4 Å². The quantitative estimate of drug-likeness (QED) is 0.423. The molecule has 0 bridgehead atoms. The van der Waals surface area contributed by atoms with Crippen LogP contribution in [0.15, 0.2) is 77.7 Å². The summed E-state index contributed by atoms with van der Waals surface area (Å²) in [7, 11) is -2.24. The molecule has 0 aliphatic carbocycles. The van der Waals surface area contributed by atoms with Crippen molar-refractivity contribution >= 4 is 48.3 Å². The van der Waals surface area contributed by atoms with Crippen LogP contribution in [-0.2, 0) is 10.0 Å². The number of benzene rings is 3. The number of sulfonamides is 1. The molecule has 4 aromatic rings. The lowest BCUT2D eigenvalue weighted by Crippen LogP contribution is -2.26. The Kier molecular flexibility index (Phi) is 6.11. The predicted octanol–water partition coefficient (Wildman–Crippen LogP) is 4.77. The van der Waals surface area contributed by atoms with Gasteiger partial charge in [-0.25, -0.2) is 13.4 Å². The molecule has 0 spiro atoms. The normalized spacial score (nSPS) is 11.3. The average molecular weight is 468 g/mol. The number of amides is 1. The van der Waals surface area contributed by atoms with Gasteiger partial charge in [0.05, 0.1) is 27.4 Å². The number of hydrogen-bond acceptors (Lipinski definition) is 6. The van der Waals surface area contributed by atoms with Gasteiger partial charge < -0.3 is 4.74 Å². The summed E-state index contributed by atoms with van der Waals surface area (Å²) in [5.41, 5.74) is 1.65. The lowest BCUT2D eigenvalue weighted by molar-refractivity contribution is 0.102. The van der Waals surface area contributed by atoms with Crippen LogP contribution in [0.1, 0.15) is 17.3 Å². The molecule has 0 unspecified atom stereocenters. The third-order valence-electron chi connectivity index (χ3n) is 4.79. The number of carbonyl (C=O) groups excluding carboxylic acids is 1. The summed E-state index contributed by atoms with van der Waals surface area (Å²) in [5, 5.41) is 3.23. The van der Waals surface area contributed by atoms with Crippen molar-refractivity contribution in [2.45, 2.75) is 11.8 Å². The number of nitrogens with one attached hydrogen (secondary N) is 1. The number of rotatable bonds is 7. The molecule has 1 heterocycles. The van der Waals surface area contributed by atoms with E-state index < -0.39 is 10.0 Å². The van der Waals surface area contributed by atoms with Crippen LogP contribution in [0.4, 0.5) is 10.8 Å². The van der Waals surface area contributed by atoms with E-state index in [-0.39, 0.29) is 10.8 Å². The Balaban J connectivity index is 1.50. The van der Waals surface area contributed by atoms with Crippen molar-refractivity contribution in [1.29, 1.82) is 0 Å². The molecule has 1 aromatic heterocycles. The van der Waals surface area contributed by atoms with Gasteiger partial charge >= 0.3 is 0 Å². The van der Waals surface area contributed by atoms with Gasteiger partial charge in [0.1, 0.15) is 5.75 Å². The van der Waals surface area contributed by atoms with E-state index in [2.05, 4.69) is 10.3 Å². The molecule has 1 amide bonds. The lowest BCUT2D eigenvalue weighted by atomic mass is 10.2. The first-order valence-corrected chi connectivity index (χ1v) is 12.1. The van der Waals surface area contributed by atoms with E-state index >= 15 is 0 Å². The van der Waals surface area contributed by atoms with Gasteiger partial charge in [-0.2, -0.15) is 0 Å². The van der Waals surface area contributed by atoms with Gasteiger partial charge in [0.15, 0.2) is 5.13 Å². The van der Waals surface area contributed by atoms with Gasteiger partial charge in [-0.1, -0.05) is 29.5 Å². The Morgan fingerprint density at radius 2 is 1.78 bits per heavy atom. The Morgan fingerprint density at radius 3 is 2.47 bits per heavy atom. The molecule has 3 aromatic carbocycles. The molecule has 164 valence electrons. The Labute approximate surface area is 190 Å². The first kappa shape index (κ1) is 21.8. The van der Waals surface area contributed by atoms with E-state index in [4.69, 9.17) is 4.74 Å². The molecule has 7 nitrogen and oxygen atoms in total. The van der Waals surface area contributed by atoms with Crippen molar-refractivity contribution in [1.82, 2.24) is 4.98 Å². The number of aromatic nitrogens is 1. The van der Waals surface area contributed by atoms with Crippen molar-refractivity contribution < 1.29 is 17.9 Å². The summed E-state index contributed by atoms with van der Waals surface area (Å²) in [6.07, 6.45) is 0. The van der Waals surface area contributed by atoms with E-state index in [0.717, 1.165) is 16.0 Å². The van der Waals surface area contributed by atoms with Crippen molar-refractivity contribution in [2.24, 2.45) is 0 Å². The fourth-order valence-corrected chi connectivity index (χ4v) is 5.18. The van der Waals surface area contributed by atoms with Gasteiger partial charge in [-0.15, -0.1) is 0 Å². The number of anilines is 2.